The van der Waals surface area contributed by atoms with Gasteiger partial charge in [-0.2, -0.15) is 0 Å². The van der Waals surface area contributed by atoms with Crippen LogP contribution in [0.5, 0.6) is 0 Å². The standard InChI is InChI=1S/C17H15N3O2S4/c1-10(2)15-19-13(8-24-15)16-18-11(7-23-16)9-26(21,22)17-20-12-5-3-4-6-14(12)25-17/h3-8,10H,9H2,1-2H3. The van der Waals surface area contributed by atoms with Crippen LogP contribution >= 0.6 is 34.0 Å². The van der Waals surface area contributed by atoms with Crippen LogP contribution in [0.15, 0.2) is 39.4 Å². The Balaban J connectivity index is 1.59. The topological polar surface area (TPSA) is 72.8 Å². The first-order valence-electron chi connectivity index (χ1n) is 7.91. The van der Waals surface area contributed by atoms with Crippen molar-refractivity contribution in [3.63, 3.8) is 0 Å². The largest absolute Gasteiger partial charge is 0.238 e. The van der Waals surface area contributed by atoms with Crippen LogP contribution in [-0.4, -0.2) is 23.4 Å². The zero-order valence-corrected chi connectivity index (χ0v) is 17.3. The van der Waals surface area contributed by atoms with Crippen molar-refractivity contribution in [1.82, 2.24) is 15.0 Å². The van der Waals surface area contributed by atoms with E-state index in [1.165, 1.54) is 22.7 Å². The molecule has 0 fully saturated rings. The molecule has 0 saturated carbocycles. The van der Waals surface area contributed by atoms with Crippen molar-refractivity contribution in [2.45, 2.75) is 29.9 Å². The molecule has 0 radical (unpaired) electrons. The predicted molar refractivity (Wildman–Crippen MR) is 108 cm³/mol. The summed E-state index contributed by atoms with van der Waals surface area (Å²) in [5.41, 5.74) is 2.05. The first-order chi connectivity index (χ1) is 12.4. The van der Waals surface area contributed by atoms with E-state index in [1.807, 2.05) is 29.6 Å². The van der Waals surface area contributed by atoms with Gasteiger partial charge in [-0.25, -0.2) is 23.4 Å². The molecule has 3 heterocycles. The predicted octanol–water partition coefficient (Wildman–Crippen LogP) is 4.97. The molecule has 0 aliphatic rings. The first-order valence-corrected chi connectivity index (χ1v) is 12.1. The molecule has 0 N–H and O–H groups in total. The molecular weight excluding hydrogens is 406 g/mol. The first kappa shape index (κ1) is 17.7. The number of hydrogen-bond donors (Lipinski definition) is 0. The van der Waals surface area contributed by atoms with Crippen molar-refractivity contribution >= 4 is 54.1 Å². The fourth-order valence-corrected chi connectivity index (χ4v) is 6.71. The van der Waals surface area contributed by atoms with E-state index < -0.39 is 9.84 Å². The van der Waals surface area contributed by atoms with Crippen LogP contribution in [0.25, 0.3) is 20.9 Å². The van der Waals surface area contributed by atoms with E-state index in [2.05, 4.69) is 28.8 Å². The van der Waals surface area contributed by atoms with Crippen molar-refractivity contribution < 1.29 is 8.42 Å². The molecule has 4 rings (SSSR count). The molecule has 0 amide bonds. The smallest absolute Gasteiger partial charge is 0.211 e. The Morgan fingerprint density at radius 3 is 2.58 bits per heavy atom. The summed E-state index contributed by atoms with van der Waals surface area (Å²) in [7, 11) is -3.52. The lowest BCUT2D eigenvalue weighted by molar-refractivity contribution is 0.594. The second-order valence-electron chi connectivity index (χ2n) is 6.08. The molecule has 3 aromatic heterocycles. The highest BCUT2D eigenvalue weighted by Gasteiger charge is 2.22. The number of rotatable bonds is 5. The van der Waals surface area contributed by atoms with Crippen LogP contribution in [0.3, 0.4) is 0 Å². The van der Waals surface area contributed by atoms with Crippen LogP contribution < -0.4 is 0 Å². The Labute approximate surface area is 163 Å². The normalized spacial score (nSPS) is 12.3. The third kappa shape index (κ3) is 3.44. The maximum absolute atomic E-state index is 12.7. The van der Waals surface area contributed by atoms with Gasteiger partial charge in [-0.05, 0) is 12.1 Å². The number of hydrogen-bond acceptors (Lipinski definition) is 8. The van der Waals surface area contributed by atoms with Gasteiger partial charge in [-0.3, -0.25) is 0 Å². The van der Waals surface area contributed by atoms with Crippen molar-refractivity contribution in [3.8, 4) is 10.7 Å². The second kappa shape index (κ2) is 6.80. The number of nitrogens with zero attached hydrogens (tertiary/aromatic N) is 3. The minimum Gasteiger partial charge on any atom is -0.238 e. The molecule has 4 aromatic rings. The average Bonchev–Trinajstić information content (AvgIpc) is 3.33. The van der Waals surface area contributed by atoms with Crippen molar-refractivity contribution in [1.29, 1.82) is 0 Å². The van der Waals surface area contributed by atoms with Crippen molar-refractivity contribution in [2.75, 3.05) is 0 Å². The van der Waals surface area contributed by atoms with Gasteiger partial charge in [0.1, 0.15) is 16.5 Å². The molecule has 134 valence electrons. The van der Waals surface area contributed by atoms with E-state index in [0.717, 1.165) is 20.4 Å². The van der Waals surface area contributed by atoms with Gasteiger partial charge in [0.05, 0.1) is 20.9 Å². The van der Waals surface area contributed by atoms with Gasteiger partial charge in [0.15, 0.2) is 0 Å². The zero-order chi connectivity index (χ0) is 18.3. The van der Waals surface area contributed by atoms with Gasteiger partial charge in [-0.15, -0.1) is 34.0 Å². The van der Waals surface area contributed by atoms with Gasteiger partial charge in [0.25, 0.3) is 0 Å². The van der Waals surface area contributed by atoms with E-state index in [9.17, 15) is 8.42 Å². The number of fused-ring (bicyclic) bond motifs is 1. The number of aromatic nitrogens is 3. The molecule has 0 atom stereocenters. The Kier molecular flexibility index (Phi) is 4.64. The fraction of sp³-hybridized carbons (Fsp3) is 0.235. The van der Waals surface area contributed by atoms with E-state index in [4.69, 9.17) is 0 Å². The summed E-state index contributed by atoms with van der Waals surface area (Å²) in [6, 6.07) is 7.43. The summed E-state index contributed by atoms with van der Waals surface area (Å²) in [6.45, 7) is 4.20. The summed E-state index contributed by atoms with van der Waals surface area (Å²) in [5, 5.41) is 5.57. The lowest BCUT2D eigenvalue weighted by atomic mass is 10.2. The third-order valence-corrected chi connectivity index (χ3v) is 8.87. The van der Waals surface area contributed by atoms with Crippen LogP contribution in [0.1, 0.15) is 30.5 Å². The van der Waals surface area contributed by atoms with E-state index in [0.29, 0.717) is 17.1 Å². The van der Waals surface area contributed by atoms with Crippen LogP contribution in [0.4, 0.5) is 0 Å². The van der Waals surface area contributed by atoms with Gasteiger partial charge >= 0.3 is 0 Å². The van der Waals surface area contributed by atoms with Gasteiger partial charge in [-0.1, -0.05) is 26.0 Å². The Bertz CT molecular complexity index is 1140. The van der Waals surface area contributed by atoms with Crippen LogP contribution in [0, 0.1) is 0 Å². The van der Waals surface area contributed by atoms with Crippen LogP contribution in [-0.2, 0) is 15.6 Å². The van der Waals surface area contributed by atoms with Gasteiger partial charge < -0.3 is 0 Å². The maximum Gasteiger partial charge on any atom is 0.211 e. The summed E-state index contributed by atoms with van der Waals surface area (Å²) >= 11 is 4.22. The molecule has 1 aromatic carbocycles. The lowest BCUT2D eigenvalue weighted by Crippen LogP contribution is -2.04. The Hall–Kier alpha value is -1.68. The molecule has 9 heteroatoms. The van der Waals surface area contributed by atoms with E-state index in [-0.39, 0.29) is 10.1 Å². The molecule has 26 heavy (non-hydrogen) atoms. The zero-order valence-electron chi connectivity index (χ0n) is 14.0. The Morgan fingerprint density at radius 2 is 1.85 bits per heavy atom. The molecule has 5 nitrogen and oxygen atoms in total. The summed E-state index contributed by atoms with van der Waals surface area (Å²) in [4.78, 5) is 13.3. The summed E-state index contributed by atoms with van der Waals surface area (Å²) in [5.74, 6) is 0.220. The van der Waals surface area contributed by atoms with Crippen LogP contribution in [0.2, 0.25) is 0 Å². The fourth-order valence-electron chi connectivity index (χ4n) is 2.38. The Morgan fingerprint density at radius 1 is 1.04 bits per heavy atom. The molecule has 0 saturated heterocycles. The van der Waals surface area contributed by atoms with E-state index in [1.54, 1.807) is 16.7 Å². The third-order valence-electron chi connectivity index (χ3n) is 3.66. The lowest BCUT2D eigenvalue weighted by Gasteiger charge is -1.97. The highest BCUT2D eigenvalue weighted by atomic mass is 32.2. The number of thiazole rings is 3. The highest BCUT2D eigenvalue weighted by Crippen LogP contribution is 2.31. The van der Waals surface area contributed by atoms with Gasteiger partial charge in [0.2, 0.25) is 14.2 Å². The summed E-state index contributed by atoms with van der Waals surface area (Å²) < 4.78 is 26.4. The van der Waals surface area contributed by atoms with E-state index >= 15 is 0 Å². The second-order valence-corrected chi connectivity index (χ2v) is 11.0. The molecule has 0 aliphatic heterocycles. The molecular formula is C17H15N3O2S4. The number of benzene rings is 1. The SMILES string of the molecule is CC(C)c1nc(-c2nc(CS(=O)(=O)c3nc4ccccc4s3)cs2)cs1. The average molecular weight is 422 g/mol. The van der Waals surface area contributed by atoms with Crippen molar-refractivity contribution in [3.05, 3.63) is 45.7 Å². The quantitative estimate of drug-likeness (QED) is 0.455. The number of para-hydroxylation sites is 1. The maximum atomic E-state index is 12.7. The van der Waals surface area contributed by atoms with Gasteiger partial charge in [0, 0.05) is 16.7 Å². The molecule has 0 spiro atoms. The highest BCUT2D eigenvalue weighted by molar-refractivity contribution is 7.92. The molecule has 0 aliphatic carbocycles. The van der Waals surface area contributed by atoms with Crippen molar-refractivity contribution in [2.24, 2.45) is 0 Å². The molecule has 0 unspecified atom stereocenters. The minimum absolute atomic E-state index is 0.143. The monoisotopic (exact) mass is 421 g/mol. The number of sulfone groups is 1. The summed E-state index contributed by atoms with van der Waals surface area (Å²) in [6.07, 6.45) is 0. The molecule has 0 bridgehead atoms. The minimum atomic E-state index is -3.52.